The van der Waals surface area contributed by atoms with Crippen molar-refractivity contribution in [2.24, 2.45) is 0 Å². The van der Waals surface area contributed by atoms with Crippen molar-refractivity contribution in [1.29, 1.82) is 0 Å². The first-order chi connectivity index (χ1) is 32.2. The van der Waals surface area contributed by atoms with Crippen molar-refractivity contribution in [3.63, 3.8) is 0 Å². The van der Waals surface area contributed by atoms with E-state index in [1.807, 2.05) is 0 Å². The molecule has 2 heterocycles. The summed E-state index contributed by atoms with van der Waals surface area (Å²) in [5.41, 5.74) is -5.13. The molecule has 6 amide bonds. The molecule has 410 valence electrons. The number of rotatable bonds is 12. The van der Waals surface area contributed by atoms with Crippen molar-refractivity contribution in [2.75, 3.05) is 13.1 Å². The summed E-state index contributed by atoms with van der Waals surface area (Å²) in [6, 6.07) is -6.11. The van der Waals surface area contributed by atoms with Gasteiger partial charge in [-0.25, -0.2) is 24.0 Å². The predicted octanol–water partition coefficient (Wildman–Crippen LogP) is 0.649. The highest BCUT2D eigenvalue weighted by molar-refractivity contribution is 5.73. The second kappa shape index (κ2) is 24.0. The zero-order valence-electron chi connectivity index (χ0n) is 43.6. The Morgan fingerprint density at radius 3 is 1.21 bits per heavy atom. The summed E-state index contributed by atoms with van der Waals surface area (Å²) < 4.78 is 52.1. The first-order valence-electron chi connectivity index (χ1n) is 23.4. The molecule has 0 bridgehead atoms. The maximum atomic E-state index is 13.6. The Morgan fingerprint density at radius 2 is 0.789 bits per heavy atom. The Labute approximate surface area is 414 Å². The number of aliphatic hydroxyl groups is 5. The van der Waals surface area contributed by atoms with E-state index in [2.05, 4.69) is 31.9 Å². The summed E-state index contributed by atoms with van der Waals surface area (Å²) in [6.07, 6.45) is -25.2. The zero-order valence-corrected chi connectivity index (χ0v) is 43.6. The molecule has 15 unspecified atom stereocenters. The molecule has 0 aromatic carbocycles. The van der Waals surface area contributed by atoms with Gasteiger partial charge in [-0.2, -0.15) is 0 Å². The number of aliphatic hydroxyl groups excluding tert-OH is 5. The molecule has 3 fully saturated rings. The number of nitrogens with one attached hydrogen (secondary N) is 6. The lowest BCUT2D eigenvalue weighted by Gasteiger charge is -2.50. The minimum Gasteiger partial charge on any atom is -0.444 e. The van der Waals surface area contributed by atoms with Crippen LogP contribution in [0.15, 0.2) is 0 Å². The monoisotopic (exact) mass is 1020 g/mol. The van der Waals surface area contributed by atoms with Gasteiger partial charge in [-0.05, 0) is 110 Å². The minimum atomic E-state index is -2.06. The number of hydrogen-bond acceptors (Lipinski definition) is 20. The molecule has 26 heteroatoms. The van der Waals surface area contributed by atoms with Gasteiger partial charge in [0, 0.05) is 20.0 Å². The van der Waals surface area contributed by atoms with Gasteiger partial charge in [-0.1, -0.05) is 0 Å². The lowest BCUT2D eigenvalue weighted by atomic mass is 9.83. The molecule has 26 nitrogen and oxygen atoms in total. The standard InChI is InChI=1S/C45H80N6O20/c1-20(52)46-18-23-27(53)25(50-39(61)70-44(11,12)13)30(56)35(64-23)66-33-22(49-38(60)69-43(8,9)10)17-21(48-37(59)68-42(5,6)7)32(31(33)57)65-34-26(51-40(62)71-45(14,15)16)29(55)28(54)24(63-34)19-47-36(58)67-41(2,3)4/h21-35,53-57H,17-19H2,1-16H3,(H,46,52)(H,47,58)(H,48,59)(H,49,60)(H,50,61)(H,51,62). The van der Waals surface area contributed by atoms with Gasteiger partial charge in [0.05, 0.1) is 18.1 Å². The molecule has 2 aliphatic heterocycles. The molecular formula is C45H80N6O20. The van der Waals surface area contributed by atoms with Gasteiger partial charge in [-0.15, -0.1) is 0 Å². The number of ether oxygens (including phenoxy) is 9. The van der Waals surface area contributed by atoms with E-state index >= 15 is 0 Å². The van der Waals surface area contributed by atoms with Crippen molar-refractivity contribution in [3.05, 3.63) is 0 Å². The normalized spacial score (nSPS) is 31.7. The summed E-state index contributed by atoms with van der Waals surface area (Å²) in [5.74, 6) is -0.529. The van der Waals surface area contributed by atoms with Crippen molar-refractivity contribution < 1.29 is 96.9 Å². The molecule has 71 heavy (non-hydrogen) atoms. The molecule has 0 aromatic rings. The summed E-state index contributed by atoms with van der Waals surface area (Å²) in [5, 5.41) is 73.8. The fourth-order valence-corrected chi connectivity index (χ4v) is 7.45. The second-order valence-electron chi connectivity index (χ2n) is 22.6. The third-order valence-corrected chi connectivity index (χ3v) is 10.1. The van der Waals surface area contributed by atoms with Crippen molar-refractivity contribution in [2.45, 2.75) is 237 Å². The van der Waals surface area contributed by atoms with Crippen LogP contribution in [0.1, 0.15) is 117 Å². The summed E-state index contributed by atoms with van der Waals surface area (Å²) in [6.45, 7) is 24.2. The first-order valence-corrected chi connectivity index (χ1v) is 23.4. The molecule has 0 aromatic heterocycles. The number of hydrogen-bond donors (Lipinski definition) is 11. The van der Waals surface area contributed by atoms with E-state index in [1.54, 1.807) is 104 Å². The lowest BCUT2D eigenvalue weighted by Crippen LogP contribution is -2.71. The Bertz CT molecular complexity index is 1820. The van der Waals surface area contributed by atoms with Crippen LogP contribution in [0.4, 0.5) is 24.0 Å². The molecule has 0 radical (unpaired) electrons. The second-order valence-corrected chi connectivity index (χ2v) is 22.6. The highest BCUT2D eigenvalue weighted by Gasteiger charge is 2.55. The van der Waals surface area contributed by atoms with Crippen LogP contribution in [-0.4, -0.2) is 195 Å². The van der Waals surface area contributed by atoms with Gasteiger partial charge in [-0.3, -0.25) is 4.79 Å². The fourth-order valence-electron chi connectivity index (χ4n) is 7.45. The van der Waals surface area contributed by atoms with Crippen LogP contribution in [0.2, 0.25) is 0 Å². The SMILES string of the molecule is CC(=O)NCC1OC(OC2C(NC(=O)OC(C)(C)C)CC(NC(=O)OC(C)(C)C)C(OC3OC(CNC(=O)OC(C)(C)C)C(O)C(O)C3NC(=O)OC(C)(C)C)C2O)C(O)C(NC(=O)OC(C)(C)C)C1O. The lowest BCUT2D eigenvalue weighted by molar-refractivity contribution is -0.320. The first kappa shape index (κ1) is 60.8. The summed E-state index contributed by atoms with van der Waals surface area (Å²) in [7, 11) is 0. The highest BCUT2D eigenvalue weighted by atomic mass is 16.7. The quantitative estimate of drug-likeness (QED) is 0.120. The predicted molar refractivity (Wildman–Crippen MR) is 247 cm³/mol. The van der Waals surface area contributed by atoms with E-state index in [9.17, 15) is 54.3 Å². The molecule has 1 saturated carbocycles. The molecule has 3 aliphatic rings. The molecule has 15 atom stereocenters. The summed E-state index contributed by atoms with van der Waals surface area (Å²) in [4.78, 5) is 78.1. The van der Waals surface area contributed by atoms with Crippen molar-refractivity contribution >= 4 is 36.4 Å². The van der Waals surface area contributed by atoms with Gasteiger partial charge >= 0.3 is 30.5 Å². The van der Waals surface area contributed by atoms with E-state index in [4.69, 9.17) is 42.6 Å². The van der Waals surface area contributed by atoms with E-state index in [1.165, 1.54) is 6.92 Å². The third kappa shape index (κ3) is 20.1. The van der Waals surface area contributed by atoms with Gasteiger partial charge in [0.15, 0.2) is 12.6 Å². The van der Waals surface area contributed by atoms with Crippen LogP contribution in [0.3, 0.4) is 0 Å². The van der Waals surface area contributed by atoms with Gasteiger partial charge in [0.1, 0.15) is 89.0 Å². The van der Waals surface area contributed by atoms with E-state index in [-0.39, 0.29) is 6.54 Å². The maximum Gasteiger partial charge on any atom is 0.408 e. The van der Waals surface area contributed by atoms with Crippen molar-refractivity contribution in [1.82, 2.24) is 31.9 Å². The van der Waals surface area contributed by atoms with E-state index in [0.717, 1.165) is 0 Å². The van der Waals surface area contributed by atoms with Crippen LogP contribution in [0, 0.1) is 0 Å². The minimum absolute atomic E-state index is 0.376. The Morgan fingerprint density at radius 1 is 0.437 bits per heavy atom. The summed E-state index contributed by atoms with van der Waals surface area (Å²) >= 11 is 0. The van der Waals surface area contributed by atoms with E-state index in [0.29, 0.717) is 0 Å². The third-order valence-electron chi connectivity index (χ3n) is 10.1. The number of carbonyl (C=O) groups is 6. The van der Waals surface area contributed by atoms with Crippen LogP contribution in [-0.2, 0) is 47.4 Å². The highest BCUT2D eigenvalue weighted by Crippen LogP contribution is 2.34. The number of alkyl carbamates (subject to hydrolysis) is 5. The zero-order chi connectivity index (χ0) is 54.4. The smallest absolute Gasteiger partial charge is 0.408 e. The van der Waals surface area contributed by atoms with Gasteiger partial charge in [0.25, 0.3) is 0 Å². The average Bonchev–Trinajstić information content (AvgIpc) is 3.15. The van der Waals surface area contributed by atoms with Gasteiger partial charge < -0.3 is 100 Å². The van der Waals surface area contributed by atoms with Crippen LogP contribution in [0.25, 0.3) is 0 Å². The Hall–Kier alpha value is -4.54. The van der Waals surface area contributed by atoms with Crippen LogP contribution in [0.5, 0.6) is 0 Å². The van der Waals surface area contributed by atoms with Crippen LogP contribution >= 0.6 is 0 Å². The molecule has 2 saturated heterocycles. The van der Waals surface area contributed by atoms with E-state index < -0.39 is 169 Å². The molecule has 0 spiro atoms. The molecule has 1 aliphatic carbocycles. The van der Waals surface area contributed by atoms with Crippen molar-refractivity contribution in [3.8, 4) is 0 Å². The molecule has 11 N–H and O–H groups in total. The average molecular weight is 1030 g/mol. The van der Waals surface area contributed by atoms with Crippen LogP contribution < -0.4 is 31.9 Å². The van der Waals surface area contributed by atoms with Gasteiger partial charge in [0.2, 0.25) is 5.91 Å². The largest absolute Gasteiger partial charge is 0.444 e. The topological polar surface area (TPSA) is 359 Å². The number of amides is 6. The Kier molecular flexibility index (Phi) is 20.5. The number of carbonyl (C=O) groups excluding carboxylic acids is 6. The Balaban J connectivity index is 2.21. The maximum absolute atomic E-state index is 13.6. The molecule has 3 rings (SSSR count). The fraction of sp³-hybridized carbons (Fsp3) is 0.867. The molecular weight excluding hydrogens is 945 g/mol.